The summed E-state index contributed by atoms with van der Waals surface area (Å²) in [5.41, 5.74) is 3.16. The summed E-state index contributed by atoms with van der Waals surface area (Å²) < 4.78 is 1.70. The fourth-order valence-electron chi connectivity index (χ4n) is 4.39. The zero-order valence-electron chi connectivity index (χ0n) is 16.9. The lowest BCUT2D eigenvalue weighted by molar-refractivity contribution is -0.121. The second-order valence-corrected chi connectivity index (χ2v) is 8.01. The summed E-state index contributed by atoms with van der Waals surface area (Å²) in [7, 11) is 1.83. The molecule has 6 nitrogen and oxygen atoms in total. The molecule has 148 valence electrons. The molecule has 0 atom stereocenters. The summed E-state index contributed by atoms with van der Waals surface area (Å²) in [6.45, 7) is 4.67. The third kappa shape index (κ3) is 4.60. The molecule has 0 radical (unpaired) electrons. The monoisotopic (exact) mass is 372 g/mol. The topological polar surface area (TPSA) is 79.8 Å². The van der Waals surface area contributed by atoms with Crippen molar-refractivity contribution in [2.45, 2.75) is 71.6 Å². The third-order valence-corrected chi connectivity index (χ3v) is 5.97. The Bertz CT molecular complexity index is 857. The number of amides is 1. The van der Waals surface area contributed by atoms with Gasteiger partial charge >= 0.3 is 0 Å². The molecule has 1 aliphatic carbocycles. The molecule has 0 bridgehead atoms. The molecule has 27 heavy (non-hydrogen) atoms. The Hall–Kier alpha value is -2.11. The third-order valence-electron chi connectivity index (χ3n) is 5.97. The van der Waals surface area contributed by atoms with Gasteiger partial charge in [-0.25, -0.2) is 0 Å². The van der Waals surface area contributed by atoms with E-state index in [0.717, 1.165) is 28.8 Å². The highest BCUT2D eigenvalue weighted by Gasteiger charge is 2.17. The fraction of sp³-hybridized carbons (Fsp3) is 0.667. The molecule has 0 aromatic carbocycles. The molecule has 2 N–H and O–H groups in total. The maximum Gasteiger partial charge on any atom is 0.253 e. The van der Waals surface area contributed by atoms with Gasteiger partial charge in [0.25, 0.3) is 5.56 Å². The number of aromatic nitrogens is 3. The Labute approximate surface area is 160 Å². The number of fused-ring (bicyclic) bond motifs is 1. The van der Waals surface area contributed by atoms with Gasteiger partial charge in [-0.05, 0) is 44.6 Å². The van der Waals surface area contributed by atoms with E-state index in [1.807, 2.05) is 20.9 Å². The van der Waals surface area contributed by atoms with Gasteiger partial charge < -0.3 is 10.3 Å². The van der Waals surface area contributed by atoms with Gasteiger partial charge in [0, 0.05) is 31.0 Å². The molecule has 1 aliphatic rings. The number of carbonyl (C=O) groups is 1. The first-order valence-corrected chi connectivity index (χ1v) is 10.3. The van der Waals surface area contributed by atoms with Crippen LogP contribution in [0, 0.1) is 19.8 Å². The molecule has 3 rings (SSSR count). The molecule has 2 heterocycles. The number of carbonyl (C=O) groups excluding carboxylic acids is 1. The maximum atomic E-state index is 12.5. The van der Waals surface area contributed by atoms with Crippen molar-refractivity contribution in [3.8, 4) is 0 Å². The minimum absolute atomic E-state index is 0.0406. The van der Waals surface area contributed by atoms with E-state index in [4.69, 9.17) is 0 Å². The largest absolute Gasteiger partial charge is 0.356 e. The van der Waals surface area contributed by atoms with E-state index >= 15 is 0 Å². The van der Waals surface area contributed by atoms with E-state index in [9.17, 15) is 9.59 Å². The van der Waals surface area contributed by atoms with Crippen molar-refractivity contribution in [1.82, 2.24) is 20.1 Å². The van der Waals surface area contributed by atoms with E-state index < -0.39 is 0 Å². The van der Waals surface area contributed by atoms with Crippen LogP contribution in [0.5, 0.6) is 0 Å². The summed E-state index contributed by atoms with van der Waals surface area (Å²) in [5, 5.41) is 8.47. The number of hydrogen-bond donors (Lipinski definition) is 2. The molecule has 2 aromatic rings. The average molecular weight is 373 g/mol. The molecular formula is C21H32N4O2. The molecule has 0 aliphatic heterocycles. The van der Waals surface area contributed by atoms with Crippen molar-refractivity contribution in [1.29, 1.82) is 0 Å². The Morgan fingerprint density at radius 3 is 2.56 bits per heavy atom. The van der Waals surface area contributed by atoms with Crippen LogP contribution in [-0.4, -0.2) is 27.2 Å². The van der Waals surface area contributed by atoms with Crippen LogP contribution in [0.25, 0.3) is 11.0 Å². The number of pyridine rings is 1. The first-order valence-electron chi connectivity index (χ1n) is 10.3. The minimum atomic E-state index is -0.115. The van der Waals surface area contributed by atoms with E-state index in [1.54, 1.807) is 4.68 Å². The van der Waals surface area contributed by atoms with Crippen LogP contribution in [-0.2, 0) is 18.3 Å². The maximum absolute atomic E-state index is 12.5. The second-order valence-electron chi connectivity index (χ2n) is 8.01. The highest BCUT2D eigenvalue weighted by atomic mass is 16.1. The molecule has 1 fully saturated rings. The lowest BCUT2D eigenvalue weighted by Crippen LogP contribution is -2.30. The Balaban J connectivity index is 1.60. The zero-order valence-corrected chi connectivity index (χ0v) is 16.9. The molecule has 0 unspecified atom stereocenters. The molecule has 0 spiro atoms. The summed E-state index contributed by atoms with van der Waals surface area (Å²) in [5.74, 6) is 0.646. The van der Waals surface area contributed by atoms with Crippen molar-refractivity contribution in [2.24, 2.45) is 13.0 Å². The normalized spacial score (nSPS) is 16.3. The van der Waals surface area contributed by atoms with Crippen molar-refractivity contribution >= 4 is 16.9 Å². The molecule has 1 saturated carbocycles. The molecule has 1 amide bonds. The van der Waals surface area contributed by atoms with Crippen molar-refractivity contribution < 1.29 is 4.79 Å². The molecule has 6 heteroatoms. The van der Waals surface area contributed by atoms with Crippen molar-refractivity contribution in [2.75, 3.05) is 6.54 Å². The number of hydrogen-bond acceptors (Lipinski definition) is 3. The van der Waals surface area contributed by atoms with E-state index in [1.165, 1.54) is 44.9 Å². The molecule has 2 aromatic heterocycles. The Morgan fingerprint density at radius 1 is 1.19 bits per heavy atom. The van der Waals surface area contributed by atoms with Crippen LogP contribution in [0.3, 0.4) is 0 Å². The first-order chi connectivity index (χ1) is 13.0. The van der Waals surface area contributed by atoms with Gasteiger partial charge in [0.05, 0.1) is 5.69 Å². The number of rotatable bonds is 5. The number of aromatic amines is 1. The van der Waals surface area contributed by atoms with Gasteiger partial charge in [0.1, 0.15) is 5.65 Å². The van der Waals surface area contributed by atoms with E-state index in [-0.39, 0.29) is 11.5 Å². The van der Waals surface area contributed by atoms with Gasteiger partial charge in [-0.15, -0.1) is 0 Å². The van der Waals surface area contributed by atoms with Crippen LogP contribution in [0.2, 0.25) is 0 Å². The van der Waals surface area contributed by atoms with Crippen molar-refractivity contribution in [3.05, 3.63) is 27.2 Å². The van der Waals surface area contributed by atoms with Crippen LogP contribution in [0.15, 0.2) is 4.79 Å². The van der Waals surface area contributed by atoms with Gasteiger partial charge in [0.2, 0.25) is 5.91 Å². The highest BCUT2D eigenvalue weighted by Crippen LogP contribution is 2.22. The van der Waals surface area contributed by atoms with Gasteiger partial charge in [-0.3, -0.25) is 14.3 Å². The lowest BCUT2D eigenvalue weighted by Gasteiger charge is -2.20. The van der Waals surface area contributed by atoms with Crippen LogP contribution >= 0.6 is 0 Å². The van der Waals surface area contributed by atoms with Crippen LogP contribution < -0.4 is 10.9 Å². The fourth-order valence-corrected chi connectivity index (χ4v) is 4.39. The SMILES string of the molecule is Cc1nn(C)c2[nH]c(=O)c(CCC(=O)NCC3CCCCCCC3)c(C)c12. The number of nitrogens with zero attached hydrogens (tertiary/aromatic N) is 2. The average Bonchev–Trinajstić information content (AvgIpc) is 2.87. The first kappa shape index (κ1) is 19.6. The van der Waals surface area contributed by atoms with Crippen molar-refractivity contribution in [3.63, 3.8) is 0 Å². The van der Waals surface area contributed by atoms with Gasteiger partial charge in [-0.2, -0.15) is 5.10 Å². The van der Waals surface area contributed by atoms with Crippen LogP contribution in [0.1, 0.15) is 68.2 Å². The summed E-state index contributed by atoms with van der Waals surface area (Å²) in [4.78, 5) is 27.7. The Kier molecular flexibility index (Phi) is 6.34. The zero-order chi connectivity index (χ0) is 19.4. The molecular weight excluding hydrogens is 340 g/mol. The predicted molar refractivity (Wildman–Crippen MR) is 108 cm³/mol. The minimum Gasteiger partial charge on any atom is -0.356 e. The number of H-pyrrole nitrogens is 1. The van der Waals surface area contributed by atoms with E-state index in [2.05, 4.69) is 15.4 Å². The Morgan fingerprint density at radius 2 is 1.85 bits per heavy atom. The standard InChI is InChI=1S/C21H32N4O2/c1-14-17(21(27)23-20-19(14)15(2)24-25(20)3)11-12-18(26)22-13-16-9-7-5-4-6-8-10-16/h16H,4-13H2,1-3H3,(H,22,26)(H,23,27). The van der Waals surface area contributed by atoms with Gasteiger partial charge in [0.15, 0.2) is 0 Å². The molecule has 0 saturated heterocycles. The van der Waals surface area contributed by atoms with E-state index in [0.29, 0.717) is 24.3 Å². The van der Waals surface area contributed by atoms with Gasteiger partial charge in [-0.1, -0.05) is 32.1 Å². The highest BCUT2D eigenvalue weighted by molar-refractivity contribution is 5.83. The second kappa shape index (κ2) is 8.72. The number of nitrogens with one attached hydrogen (secondary N) is 2. The predicted octanol–water partition coefficient (Wildman–Crippen LogP) is 3.29. The number of aryl methyl sites for hydroxylation is 3. The summed E-state index contributed by atoms with van der Waals surface area (Å²) >= 11 is 0. The summed E-state index contributed by atoms with van der Waals surface area (Å²) in [6, 6.07) is 0. The quantitative estimate of drug-likeness (QED) is 0.845. The summed E-state index contributed by atoms with van der Waals surface area (Å²) in [6.07, 6.45) is 9.80. The smallest absolute Gasteiger partial charge is 0.253 e. The van der Waals surface area contributed by atoms with Crippen LogP contribution in [0.4, 0.5) is 0 Å². The lowest BCUT2D eigenvalue weighted by atomic mass is 9.91.